The van der Waals surface area contributed by atoms with Crippen molar-refractivity contribution in [2.45, 2.75) is 57.6 Å². The van der Waals surface area contributed by atoms with E-state index in [0.717, 1.165) is 0 Å². The Morgan fingerprint density at radius 3 is 1.94 bits per heavy atom. The molecule has 0 aromatic carbocycles. The smallest absolute Gasteiger partial charge is 0.458 e. The van der Waals surface area contributed by atoms with Crippen LogP contribution in [0.15, 0.2) is 0 Å². The molecule has 0 saturated heterocycles. The molecule has 1 rings (SSSR count). The molecule has 6 heteroatoms. The van der Waals surface area contributed by atoms with Gasteiger partial charge in [0, 0.05) is 0 Å². The second-order valence-corrected chi connectivity index (χ2v) is 4.90. The lowest BCUT2D eigenvalue weighted by atomic mass is 9.80. The van der Waals surface area contributed by atoms with Crippen LogP contribution in [0.1, 0.15) is 40.0 Å². The van der Waals surface area contributed by atoms with Gasteiger partial charge in [0.2, 0.25) is 0 Å². The first-order valence-corrected chi connectivity index (χ1v) is 5.04. The number of hydrogen-bond donors (Lipinski definition) is 0. The van der Waals surface area contributed by atoms with Crippen LogP contribution >= 0.6 is 0 Å². The Kier molecular flexibility index (Phi) is 3.24. The van der Waals surface area contributed by atoms with Crippen LogP contribution in [-0.4, -0.2) is 23.5 Å². The molecule has 0 aromatic heterocycles. The number of carbonyl (C=O) groups is 1. The minimum Gasteiger partial charge on any atom is -0.458 e. The number of rotatable bonds is 2. The number of carbonyl (C=O) groups excluding carboxylic acids is 1. The minimum absolute atomic E-state index is 0.0570. The first-order chi connectivity index (χ1) is 7.04. The molecule has 0 spiro atoms. The van der Waals surface area contributed by atoms with E-state index >= 15 is 0 Å². The minimum atomic E-state index is -4.81. The summed E-state index contributed by atoms with van der Waals surface area (Å²) in [5.41, 5.74) is -2.62. The van der Waals surface area contributed by atoms with Crippen molar-refractivity contribution in [1.82, 2.24) is 0 Å². The van der Waals surface area contributed by atoms with Crippen LogP contribution in [0.5, 0.6) is 0 Å². The molecule has 1 aliphatic carbocycles. The van der Waals surface area contributed by atoms with Gasteiger partial charge in [0.05, 0.1) is 0 Å². The first-order valence-electron chi connectivity index (χ1n) is 5.04. The van der Waals surface area contributed by atoms with Crippen molar-refractivity contribution in [1.29, 1.82) is 0 Å². The predicted octanol–water partition coefficient (Wildman–Crippen LogP) is 2.79. The van der Waals surface area contributed by atoms with E-state index in [1.54, 1.807) is 20.8 Å². The Morgan fingerprint density at radius 1 is 1.19 bits per heavy atom. The highest BCUT2D eigenvalue weighted by atomic mass is 19.4. The summed E-state index contributed by atoms with van der Waals surface area (Å²) in [7, 11) is 0. The van der Waals surface area contributed by atoms with Gasteiger partial charge in [-0.1, -0.05) is 0 Å². The molecule has 0 radical (unpaired) electrons. The number of hydrogen-bond acceptors (Lipinski definition) is 3. The van der Waals surface area contributed by atoms with Gasteiger partial charge in [-0.05, 0) is 40.0 Å². The Balaban J connectivity index is 2.70. The molecule has 0 aliphatic heterocycles. The number of esters is 1. The van der Waals surface area contributed by atoms with Crippen molar-refractivity contribution in [3.8, 4) is 0 Å². The highest BCUT2D eigenvalue weighted by Crippen LogP contribution is 2.42. The zero-order chi connectivity index (χ0) is 12.6. The van der Waals surface area contributed by atoms with E-state index in [1.807, 2.05) is 0 Å². The van der Waals surface area contributed by atoms with E-state index in [0.29, 0.717) is 6.42 Å². The largest absolute Gasteiger partial charge is 0.523 e. The van der Waals surface area contributed by atoms with Crippen LogP contribution in [0, 0.1) is 0 Å². The Labute approximate surface area is 91.9 Å². The fraction of sp³-hybridized carbons (Fsp3) is 0.900. The Bertz CT molecular complexity index is 274. The fourth-order valence-corrected chi connectivity index (χ4v) is 1.44. The Morgan fingerprint density at radius 2 is 1.69 bits per heavy atom. The number of halogens is 3. The van der Waals surface area contributed by atoms with Crippen molar-refractivity contribution in [3.05, 3.63) is 0 Å². The van der Waals surface area contributed by atoms with Gasteiger partial charge in [0.25, 0.3) is 0 Å². The lowest BCUT2D eigenvalue weighted by molar-refractivity contribution is -0.374. The average molecular weight is 240 g/mol. The van der Waals surface area contributed by atoms with E-state index in [-0.39, 0.29) is 12.8 Å². The summed E-state index contributed by atoms with van der Waals surface area (Å²) >= 11 is 0. The third kappa shape index (κ3) is 3.37. The molecular weight excluding hydrogens is 225 g/mol. The van der Waals surface area contributed by atoms with Gasteiger partial charge in [0.15, 0.2) is 5.60 Å². The third-order valence-electron chi connectivity index (χ3n) is 2.24. The van der Waals surface area contributed by atoms with E-state index in [4.69, 9.17) is 4.74 Å². The van der Waals surface area contributed by atoms with Crippen LogP contribution in [-0.2, 0) is 14.3 Å². The van der Waals surface area contributed by atoms with Crippen molar-refractivity contribution in [3.63, 3.8) is 0 Å². The number of ether oxygens (including phenoxy) is 2. The van der Waals surface area contributed by atoms with E-state index in [2.05, 4.69) is 4.74 Å². The maximum absolute atomic E-state index is 12.1. The van der Waals surface area contributed by atoms with Crippen molar-refractivity contribution in [2.75, 3.05) is 0 Å². The summed E-state index contributed by atoms with van der Waals surface area (Å²) in [6, 6.07) is 0. The summed E-state index contributed by atoms with van der Waals surface area (Å²) in [4.78, 5) is 11.6. The summed E-state index contributed by atoms with van der Waals surface area (Å²) in [6.07, 6.45) is -4.16. The predicted molar refractivity (Wildman–Crippen MR) is 49.6 cm³/mol. The molecule has 3 nitrogen and oxygen atoms in total. The highest BCUT2D eigenvalue weighted by molar-refractivity contribution is 5.81. The standard InChI is InChI=1S/C10H15F3O3/c1-8(2,3)15-7(14)9(5-4-6-9)16-10(11,12)13/h4-6H2,1-3H3. The number of alkyl halides is 3. The molecular formula is C10H15F3O3. The second-order valence-electron chi connectivity index (χ2n) is 4.90. The summed E-state index contributed by atoms with van der Waals surface area (Å²) < 4.78 is 45.2. The molecule has 1 aliphatic rings. The fourth-order valence-electron chi connectivity index (χ4n) is 1.44. The van der Waals surface area contributed by atoms with Crippen LogP contribution < -0.4 is 0 Å². The summed E-state index contributed by atoms with van der Waals surface area (Å²) in [5.74, 6) is -0.927. The van der Waals surface area contributed by atoms with Crippen LogP contribution in [0.25, 0.3) is 0 Å². The van der Waals surface area contributed by atoms with Gasteiger partial charge in [-0.25, -0.2) is 4.79 Å². The van der Waals surface area contributed by atoms with E-state index in [9.17, 15) is 18.0 Å². The lowest BCUT2D eigenvalue weighted by Gasteiger charge is -2.40. The summed E-state index contributed by atoms with van der Waals surface area (Å²) in [6.45, 7) is 4.81. The molecule has 0 aromatic rings. The average Bonchev–Trinajstić information content (AvgIpc) is 1.90. The molecule has 16 heavy (non-hydrogen) atoms. The van der Waals surface area contributed by atoms with E-state index in [1.165, 1.54) is 0 Å². The van der Waals surface area contributed by atoms with Gasteiger partial charge in [-0.3, -0.25) is 4.74 Å². The maximum Gasteiger partial charge on any atom is 0.523 e. The molecule has 0 bridgehead atoms. The van der Waals surface area contributed by atoms with Crippen molar-refractivity contribution < 1.29 is 27.4 Å². The summed E-state index contributed by atoms with van der Waals surface area (Å²) in [5, 5.41) is 0. The lowest BCUT2D eigenvalue weighted by Crippen LogP contribution is -2.53. The van der Waals surface area contributed by atoms with Gasteiger partial charge in [0.1, 0.15) is 5.60 Å². The van der Waals surface area contributed by atoms with Crippen molar-refractivity contribution in [2.24, 2.45) is 0 Å². The first kappa shape index (κ1) is 13.3. The maximum atomic E-state index is 12.1. The van der Waals surface area contributed by atoms with Crippen molar-refractivity contribution >= 4 is 5.97 Å². The molecule has 0 heterocycles. The second kappa shape index (κ2) is 3.91. The molecule has 94 valence electrons. The van der Waals surface area contributed by atoms with Gasteiger partial charge < -0.3 is 4.74 Å². The zero-order valence-electron chi connectivity index (χ0n) is 9.48. The zero-order valence-corrected chi connectivity index (χ0v) is 9.48. The third-order valence-corrected chi connectivity index (χ3v) is 2.24. The van der Waals surface area contributed by atoms with Gasteiger partial charge in [-0.2, -0.15) is 0 Å². The quantitative estimate of drug-likeness (QED) is 0.696. The molecule has 0 N–H and O–H groups in total. The van der Waals surface area contributed by atoms with Crippen LogP contribution in [0.3, 0.4) is 0 Å². The highest BCUT2D eigenvalue weighted by Gasteiger charge is 2.54. The van der Waals surface area contributed by atoms with Crippen LogP contribution in [0.4, 0.5) is 13.2 Å². The molecule has 1 saturated carbocycles. The molecule has 0 amide bonds. The Hall–Kier alpha value is -0.780. The molecule has 1 fully saturated rings. The SMILES string of the molecule is CC(C)(C)OC(=O)C1(OC(F)(F)F)CCC1. The molecule has 0 atom stereocenters. The molecule has 0 unspecified atom stereocenters. The normalized spacial score (nSPS) is 20.1. The van der Waals surface area contributed by atoms with Crippen LogP contribution in [0.2, 0.25) is 0 Å². The van der Waals surface area contributed by atoms with E-state index < -0.39 is 23.5 Å². The van der Waals surface area contributed by atoms with Gasteiger partial charge >= 0.3 is 12.3 Å². The topological polar surface area (TPSA) is 35.5 Å². The van der Waals surface area contributed by atoms with Gasteiger partial charge in [-0.15, -0.1) is 13.2 Å². The monoisotopic (exact) mass is 240 g/mol.